The van der Waals surface area contributed by atoms with Crippen molar-refractivity contribution in [3.8, 4) is 22.9 Å². The number of allylic oxidation sites excluding steroid dienone is 1. The third kappa shape index (κ3) is 2.89. The zero-order valence-electron chi connectivity index (χ0n) is 16.9. The summed E-state index contributed by atoms with van der Waals surface area (Å²) < 4.78 is 7.45. The van der Waals surface area contributed by atoms with Crippen molar-refractivity contribution < 1.29 is 4.74 Å². The lowest BCUT2D eigenvalue weighted by molar-refractivity contribution is 0.396. The van der Waals surface area contributed by atoms with E-state index >= 15 is 0 Å². The van der Waals surface area contributed by atoms with Crippen molar-refractivity contribution in [1.29, 1.82) is 5.26 Å². The predicted molar refractivity (Wildman–Crippen MR) is 120 cm³/mol. The number of aromatic nitrogens is 1. The maximum Gasteiger partial charge on any atom is 0.258 e. The molecule has 1 aliphatic rings. The van der Waals surface area contributed by atoms with Crippen LogP contribution in [0.1, 0.15) is 17.0 Å². The third-order valence-corrected chi connectivity index (χ3v) is 5.82. The first-order valence-corrected chi connectivity index (χ1v) is 9.94. The maximum absolute atomic E-state index is 13.4. The maximum atomic E-state index is 13.4. The number of ether oxygens (including phenoxy) is 1. The number of nitrogens with zero attached hydrogens (tertiary/aromatic N) is 2. The van der Waals surface area contributed by atoms with Gasteiger partial charge in [-0.05, 0) is 28.8 Å². The van der Waals surface area contributed by atoms with Crippen LogP contribution in [0.25, 0.3) is 22.0 Å². The molecule has 0 saturated heterocycles. The topological polar surface area (TPSA) is 81.0 Å². The van der Waals surface area contributed by atoms with Gasteiger partial charge < -0.3 is 15.0 Å². The summed E-state index contributed by atoms with van der Waals surface area (Å²) in [7, 11) is 1.73. The Hall–Kier alpha value is -4.30. The molecule has 5 heteroatoms. The Labute approximate surface area is 179 Å². The van der Waals surface area contributed by atoms with Crippen LogP contribution in [0.15, 0.2) is 95.1 Å². The number of nitriles is 1. The largest absolute Gasteiger partial charge is 0.439 e. The van der Waals surface area contributed by atoms with Crippen LogP contribution >= 0.6 is 0 Å². The summed E-state index contributed by atoms with van der Waals surface area (Å²) in [6, 6.07) is 27.6. The van der Waals surface area contributed by atoms with Crippen LogP contribution in [0.5, 0.6) is 5.75 Å². The second-order valence-corrected chi connectivity index (χ2v) is 7.54. The fourth-order valence-corrected chi connectivity index (χ4v) is 4.26. The van der Waals surface area contributed by atoms with Gasteiger partial charge in [0.25, 0.3) is 5.56 Å². The van der Waals surface area contributed by atoms with E-state index < -0.39 is 5.92 Å². The number of hydrogen-bond donors (Lipinski definition) is 1. The van der Waals surface area contributed by atoms with Gasteiger partial charge in [0, 0.05) is 12.4 Å². The highest BCUT2D eigenvalue weighted by Gasteiger charge is 2.35. The van der Waals surface area contributed by atoms with Crippen molar-refractivity contribution in [1.82, 2.24) is 4.57 Å². The number of benzene rings is 3. The first-order chi connectivity index (χ1) is 15.1. The lowest BCUT2D eigenvalue weighted by Gasteiger charge is -2.27. The minimum absolute atomic E-state index is 0.0329. The van der Waals surface area contributed by atoms with Gasteiger partial charge >= 0.3 is 0 Å². The first-order valence-electron chi connectivity index (χ1n) is 9.94. The molecular weight excluding hydrogens is 386 g/mol. The highest BCUT2D eigenvalue weighted by Crippen LogP contribution is 2.43. The number of fused-ring (bicyclic) bond motifs is 3. The summed E-state index contributed by atoms with van der Waals surface area (Å²) >= 11 is 0. The number of nitrogens with two attached hydrogens (primary N) is 1. The van der Waals surface area contributed by atoms with Crippen molar-refractivity contribution in [2.24, 2.45) is 12.8 Å². The van der Waals surface area contributed by atoms with Crippen molar-refractivity contribution in [3.63, 3.8) is 0 Å². The molecule has 2 N–H and O–H groups in total. The average Bonchev–Trinajstić information content (AvgIpc) is 2.82. The molecule has 3 aromatic carbocycles. The molecule has 1 atom stereocenters. The van der Waals surface area contributed by atoms with Crippen LogP contribution in [-0.4, -0.2) is 4.57 Å². The van der Waals surface area contributed by atoms with Gasteiger partial charge in [-0.1, -0.05) is 66.7 Å². The molecule has 150 valence electrons. The van der Waals surface area contributed by atoms with E-state index in [1.165, 1.54) is 0 Å². The van der Waals surface area contributed by atoms with Crippen LogP contribution in [0.2, 0.25) is 0 Å². The van der Waals surface area contributed by atoms with E-state index in [-0.39, 0.29) is 17.0 Å². The van der Waals surface area contributed by atoms with Crippen molar-refractivity contribution >= 4 is 10.9 Å². The van der Waals surface area contributed by atoms with Crippen LogP contribution in [0.4, 0.5) is 0 Å². The van der Waals surface area contributed by atoms with E-state index in [0.29, 0.717) is 11.3 Å². The van der Waals surface area contributed by atoms with E-state index in [1.807, 2.05) is 78.9 Å². The lowest BCUT2D eigenvalue weighted by Crippen LogP contribution is -2.31. The molecule has 2 heterocycles. The minimum atomic E-state index is -0.595. The van der Waals surface area contributed by atoms with Gasteiger partial charge in [0.2, 0.25) is 5.88 Å². The normalized spacial score (nSPS) is 15.3. The van der Waals surface area contributed by atoms with Gasteiger partial charge in [-0.3, -0.25) is 4.79 Å². The lowest BCUT2D eigenvalue weighted by atomic mass is 9.83. The molecule has 1 aliphatic heterocycles. The highest BCUT2D eigenvalue weighted by atomic mass is 16.5. The molecule has 0 fully saturated rings. The second-order valence-electron chi connectivity index (χ2n) is 7.54. The molecule has 0 spiro atoms. The number of rotatable bonds is 2. The van der Waals surface area contributed by atoms with Crippen LogP contribution < -0.4 is 16.0 Å². The van der Waals surface area contributed by atoms with Crippen molar-refractivity contribution in [2.45, 2.75) is 5.92 Å². The number of hydrogen-bond acceptors (Lipinski definition) is 4. The highest BCUT2D eigenvalue weighted by molar-refractivity contribution is 5.88. The number of para-hydroxylation sites is 1. The zero-order valence-corrected chi connectivity index (χ0v) is 16.9. The van der Waals surface area contributed by atoms with Crippen LogP contribution in [0, 0.1) is 11.3 Å². The molecule has 31 heavy (non-hydrogen) atoms. The molecule has 5 rings (SSSR count). The van der Waals surface area contributed by atoms with Gasteiger partial charge in [-0.2, -0.15) is 5.26 Å². The second kappa shape index (κ2) is 7.19. The van der Waals surface area contributed by atoms with E-state index in [4.69, 9.17) is 10.5 Å². The fraction of sp³-hybridized carbons (Fsp3) is 0.0769. The summed E-state index contributed by atoms with van der Waals surface area (Å²) in [5.41, 5.74) is 10.3. The third-order valence-electron chi connectivity index (χ3n) is 5.82. The number of pyridine rings is 1. The molecule has 0 bridgehead atoms. The Kier molecular flexibility index (Phi) is 4.34. The quantitative estimate of drug-likeness (QED) is 0.535. The standard InChI is InChI=1S/C26H19N3O2/c1-29-21-10-6-5-9-19(21)24-23(26(29)30)22(20(15-27)25(28)31-24)18-13-11-17(12-14-18)16-7-3-2-4-8-16/h2-14,22H,28H2,1H3/t22-/m0/s1. The fourth-order valence-electron chi connectivity index (χ4n) is 4.26. The van der Waals surface area contributed by atoms with Crippen molar-refractivity contribution in [2.75, 3.05) is 0 Å². The van der Waals surface area contributed by atoms with Gasteiger partial charge in [0.15, 0.2) is 0 Å². The van der Waals surface area contributed by atoms with Crippen LogP contribution in [0.3, 0.4) is 0 Å². The van der Waals surface area contributed by atoms with E-state index in [9.17, 15) is 10.1 Å². The molecule has 5 nitrogen and oxygen atoms in total. The Morgan fingerprint density at radius 3 is 2.29 bits per heavy atom. The SMILES string of the molecule is Cn1c(=O)c2c(c3ccccc31)OC(N)=C(C#N)[C@@H]2c1ccc(-c2ccccc2)cc1. The van der Waals surface area contributed by atoms with Gasteiger partial charge in [-0.25, -0.2) is 0 Å². The molecule has 0 radical (unpaired) electrons. The summed E-state index contributed by atoms with van der Waals surface area (Å²) in [6.07, 6.45) is 0. The minimum Gasteiger partial charge on any atom is -0.439 e. The Balaban J connectivity index is 1.74. The Bertz CT molecular complexity index is 1440. The van der Waals surface area contributed by atoms with E-state index in [1.54, 1.807) is 11.6 Å². The molecule has 0 aliphatic carbocycles. The van der Waals surface area contributed by atoms with E-state index in [0.717, 1.165) is 27.6 Å². The monoisotopic (exact) mass is 405 g/mol. The molecule has 0 amide bonds. The summed E-state index contributed by atoms with van der Waals surface area (Å²) in [4.78, 5) is 13.4. The molecule has 4 aromatic rings. The predicted octanol–water partition coefficient (Wildman–Crippen LogP) is 4.42. The number of aryl methyl sites for hydroxylation is 1. The van der Waals surface area contributed by atoms with E-state index in [2.05, 4.69) is 6.07 Å². The Morgan fingerprint density at radius 2 is 1.58 bits per heavy atom. The molecule has 0 saturated carbocycles. The van der Waals surface area contributed by atoms with Crippen molar-refractivity contribution in [3.05, 3.63) is 112 Å². The molecule has 1 aromatic heterocycles. The van der Waals surface area contributed by atoms with Gasteiger partial charge in [0.1, 0.15) is 17.4 Å². The van der Waals surface area contributed by atoms with Crippen LogP contribution in [-0.2, 0) is 7.05 Å². The summed E-state index contributed by atoms with van der Waals surface area (Å²) in [5, 5.41) is 10.6. The van der Waals surface area contributed by atoms with Gasteiger partial charge in [0.05, 0.1) is 17.0 Å². The summed E-state index contributed by atoms with van der Waals surface area (Å²) in [6.45, 7) is 0. The average molecular weight is 405 g/mol. The summed E-state index contributed by atoms with van der Waals surface area (Å²) in [5.74, 6) is -0.139. The van der Waals surface area contributed by atoms with Gasteiger partial charge in [-0.15, -0.1) is 0 Å². The first kappa shape index (κ1) is 18.7. The molecular formula is C26H19N3O2. The Morgan fingerprint density at radius 1 is 0.935 bits per heavy atom. The zero-order chi connectivity index (χ0) is 21.5. The molecule has 0 unspecified atom stereocenters. The smallest absolute Gasteiger partial charge is 0.258 e.